The molecule has 1 aliphatic rings. The molecule has 0 saturated carbocycles. The van der Waals surface area contributed by atoms with Gasteiger partial charge in [-0.15, -0.1) is 0 Å². The normalized spacial score (nSPS) is 14.4. The Kier molecular flexibility index (Phi) is 7.99. The first kappa shape index (κ1) is 23.6. The second-order valence-corrected chi connectivity index (χ2v) is 8.48. The first-order chi connectivity index (χ1) is 16.6. The molecule has 1 aliphatic heterocycles. The van der Waals surface area contributed by atoms with E-state index in [1.165, 1.54) is 0 Å². The predicted molar refractivity (Wildman–Crippen MR) is 132 cm³/mol. The Hall–Kier alpha value is -3.58. The van der Waals surface area contributed by atoms with Crippen LogP contribution in [0.4, 0.5) is 10.6 Å². The van der Waals surface area contributed by atoms with Crippen LogP contribution in [0.5, 0.6) is 0 Å². The van der Waals surface area contributed by atoms with E-state index in [-0.39, 0.29) is 12.5 Å². The summed E-state index contributed by atoms with van der Waals surface area (Å²) in [5, 5.41) is 3.38. The maximum atomic E-state index is 13.4. The number of benzene rings is 2. The van der Waals surface area contributed by atoms with E-state index in [0.29, 0.717) is 37.6 Å². The molecule has 0 spiro atoms. The highest BCUT2D eigenvalue weighted by Crippen LogP contribution is 2.23. The smallest absolute Gasteiger partial charge is 0.408 e. The fourth-order valence-electron chi connectivity index (χ4n) is 3.93. The Morgan fingerprint density at radius 3 is 2.21 bits per heavy atom. The molecule has 1 N–H and O–H groups in total. The summed E-state index contributed by atoms with van der Waals surface area (Å²) in [7, 11) is 0. The van der Waals surface area contributed by atoms with E-state index >= 15 is 0 Å². The quantitative estimate of drug-likeness (QED) is 0.557. The van der Waals surface area contributed by atoms with Crippen LogP contribution in [0.2, 0.25) is 5.02 Å². The third-order valence-corrected chi connectivity index (χ3v) is 6.01. The number of nitrogens with one attached hydrogen (secondary N) is 1. The first-order valence-electron chi connectivity index (χ1n) is 11.3. The fraction of sp³-hybridized carbons (Fsp3) is 0.269. The summed E-state index contributed by atoms with van der Waals surface area (Å²) in [5.74, 6) is 0.590. The Labute approximate surface area is 204 Å². The summed E-state index contributed by atoms with van der Waals surface area (Å²) in [5.41, 5.74) is 1.84. The van der Waals surface area contributed by atoms with Crippen LogP contribution < -0.4 is 10.2 Å². The zero-order valence-corrected chi connectivity index (χ0v) is 19.5. The first-order valence-corrected chi connectivity index (χ1v) is 11.6. The summed E-state index contributed by atoms with van der Waals surface area (Å²) in [6, 6.07) is 22.0. The van der Waals surface area contributed by atoms with Gasteiger partial charge in [0.25, 0.3) is 0 Å². The number of amides is 2. The number of alkyl carbamates (subject to hydrolysis) is 1. The molecular formula is C26H27ClN4O3. The highest BCUT2D eigenvalue weighted by molar-refractivity contribution is 6.32. The van der Waals surface area contributed by atoms with E-state index in [0.717, 1.165) is 16.9 Å². The van der Waals surface area contributed by atoms with Crippen molar-refractivity contribution in [3.05, 3.63) is 95.1 Å². The third kappa shape index (κ3) is 6.26. The molecule has 2 aromatic carbocycles. The van der Waals surface area contributed by atoms with Crippen molar-refractivity contribution in [1.29, 1.82) is 0 Å². The highest BCUT2D eigenvalue weighted by Gasteiger charge is 2.30. The van der Waals surface area contributed by atoms with Gasteiger partial charge in [-0.25, -0.2) is 9.78 Å². The molecule has 1 fully saturated rings. The number of aromatic nitrogens is 1. The molecule has 1 saturated heterocycles. The van der Waals surface area contributed by atoms with Gasteiger partial charge in [0.1, 0.15) is 18.5 Å². The van der Waals surface area contributed by atoms with Gasteiger partial charge in [-0.1, -0.05) is 72.3 Å². The van der Waals surface area contributed by atoms with Crippen LogP contribution in [0.3, 0.4) is 0 Å². The molecule has 2 amide bonds. The van der Waals surface area contributed by atoms with E-state index in [1.807, 2.05) is 66.7 Å². The van der Waals surface area contributed by atoms with Crippen molar-refractivity contribution < 1.29 is 14.3 Å². The molecule has 4 rings (SSSR count). The van der Waals surface area contributed by atoms with Gasteiger partial charge in [0.2, 0.25) is 5.91 Å². The van der Waals surface area contributed by atoms with Crippen molar-refractivity contribution in [1.82, 2.24) is 15.2 Å². The van der Waals surface area contributed by atoms with Crippen molar-refractivity contribution in [2.45, 2.75) is 19.1 Å². The van der Waals surface area contributed by atoms with E-state index in [2.05, 4.69) is 15.2 Å². The van der Waals surface area contributed by atoms with Crippen LogP contribution in [0.1, 0.15) is 11.1 Å². The van der Waals surface area contributed by atoms with Gasteiger partial charge in [-0.2, -0.15) is 0 Å². The van der Waals surface area contributed by atoms with Gasteiger partial charge >= 0.3 is 6.09 Å². The number of carbonyl (C=O) groups is 2. The molecule has 0 radical (unpaired) electrons. The summed E-state index contributed by atoms with van der Waals surface area (Å²) in [6.45, 7) is 2.38. The van der Waals surface area contributed by atoms with Crippen molar-refractivity contribution in [2.75, 3.05) is 31.1 Å². The van der Waals surface area contributed by atoms with Crippen LogP contribution in [0.15, 0.2) is 79.0 Å². The molecule has 1 aromatic heterocycles. The number of carbonyl (C=O) groups excluding carboxylic acids is 2. The number of pyridine rings is 1. The maximum Gasteiger partial charge on any atom is 0.408 e. The zero-order valence-electron chi connectivity index (χ0n) is 18.8. The van der Waals surface area contributed by atoms with Gasteiger partial charge < -0.3 is 19.9 Å². The molecule has 0 aliphatic carbocycles. The van der Waals surface area contributed by atoms with Crippen LogP contribution in [-0.2, 0) is 22.6 Å². The average molecular weight is 479 g/mol. The van der Waals surface area contributed by atoms with Crippen LogP contribution in [0, 0.1) is 0 Å². The minimum atomic E-state index is -0.726. The third-order valence-electron chi connectivity index (χ3n) is 5.72. The molecule has 176 valence electrons. The van der Waals surface area contributed by atoms with E-state index in [1.54, 1.807) is 17.2 Å². The molecular weight excluding hydrogens is 452 g/mol. The molecule has 34 heavy (non-hydrogen) atoms. The molecule has 1 atom stereocenters. The summed E-state index contributed by atoms with van der Waals surface area (Å²) in [4.78, 5) is 34.2. The van der Waals surface area contributed by atoms with Gasteiger partial charge in [0, 0.05) is 38.8 Å². The number of hydrogen-bond acceptors (Lipinski definition) is 5. The SMILES string of the molecule is O=C(N[C@@H](Cc1ccccc1)C(=O)N1CCN(c2ncccc2Cl)CC1)OCc1ccccc1. The van der Waals surface area contributed by atoms with Crippen LogP contribution in [-0.4, -0.2) is 54.1 Å². The minimum Gasteiger partial charge on any atom is -0.445 e. The Bertz CT molecular complexity index is 1090. The van der Waals surface area contributed by atoms with Crippen molar-refractivity contribution in [3.63, 3.8) is 0 Å². The summed E-state index contributed by atoms with van der Waals surface area (Å²) in [6.07, 6.45) is 1.48. The van der Waals surface area contributed by atoms with Crippen LogP contribution in [0.25, 0.3) is 0 Å². The minimum absolute atomic E-state index is 0.132. The number of halogens is 1. The number of hydrogen-bond donors (Lipinski definition) is 1. The topological polar surface area (TPSA) is 74.8 Å². The standard InChI is InChI=1S/C26H27ClN4O3/c27-22-12-7-13-28-24(22)30-14-16-31(17-15-30)25(32)23(18-20-8-3-1-4-9-20)29-26(33)34-19-21-10-5-2-6-11-21/h1-13,23H,14-19H2,(H,29,33)/t23-/m0/s1. The number of anilines is 1. The number of ether oxygens (including phenoxy) is 1. The number of piperazine rings is 1. The van der Waals surface area contributed by atoms with Gasteiger partial charge in [-0.05, 0) is 23.3 Å². The summed E-state index contributed by atoms with van der Waals surface area (Å²) >= 11 is 6.28. The molecule has 0 unspecified atom stereocenters. The predicted octanol–water partition coefficient (Wildman–Crippen LogP) is 3.92. The maximum absolute atomic E-state index is 13.4. The van der Waals surface area contributed by atoms with Crippen molar-refractivity contribution in [2.24, 2.45) is 0 Å². The fourth-order valence-corrected chi connectivity index (χ4v) is 4.17. The largest absolute Gasteiger partial charge is 0.445 e. The Balaban J connectivity index is 1.39. The Morgan fingerprint density at radius 2 is 1.56 bits per heavy atom. The summed E-state index contributed by atoms with van der Waals surface area (Å²) < 4.78 is 5.37. The number of nitrogens with zero attached hydrogens (tertiary/aromatic N) is 3. The lowest BCUT2D eigenvalue weighted by Crippen LogP contribution is -2.55. The molecule has 8 heteroatoms. The lowest BCUT2D eigenvalue weighted by atomic mass is 10.0. The van der Waals surface area contributed by atoms with E-state index in [9.17, 15) is 9.59 Å². The molecule has 7 nitrogen and oxygen atoms in total. The van der Waals surface area contributed by atoms with Gasteiger partial charge in [-0.3, -0.25) is 4.79 Å². The van der Waals surface area contributed by atoms with Crippen molar-refractivity contribution in [3.8, 4) is 0 Å². The molecule has 2 heterocycles. The lowest BCUT2D eigenvalue weighted by molar-refractivity contribution is -0.133. The Morgan fingerprint density at radius 1 is 0.912 bits per heavy atom. The van der Waals surface area contributed by atoms with Crippen molar-refractivity contribution >= 4 is 29.4 Å². The number of rotatable bonds is 7. The van der Waals surface area contributed by atoms with E-state index < -0.39 is 12.1 Å². The monoisotopic (exact) mass is 478 g/mol. The second kappa shape index (κ2) is 11.5. The lowest BCUT2D eigenvalue weighted by Gasteiger charge is -2.37. The second-order valence-electron chi connectivity index (χ2n) is 8.07. The van der Waals surface area contributed by atoms with Crippen LogP contribution >= 0.6 is 11.6 Å². The molecule has 0 bridgehead atoms. The highest BCUT2D eigenvalue weighted by atomic mass is 35.5. The average Bonchev–Trinajstić information content (AvgIpc) is 2.88. The van der Waals surface area contributed by atoms with E-state index in [4.69, 9.17) is 16.3 Å². The molecule has 3 aromatic rings. The van der Waals surface area contributed by atoms with Gasteiger partial charge in [0.05, 0.1) is 5.02 Å². The zero-order chi connectivity index (χ0) is 23.8. The van der Waals surface area contributed by atoms with Gasteiger partial charge in [0.15, 0.2) is 0 Å².